The molecule has 2 N–H and O–H groups in total. The molecule has 3 aromatic heterocycles. The van der Waals surface area contributed by atoms with Gasteiger partial charge in [-0.25, -0.2) is 29.7 Å². The van der Waals surface area contributed by atoms with Crippen molar-refractivity contribution in [2.24, 2.45) is 0 Å². The Labute approximate surface area is 177 Å². The minimum absolute atomic E-state index is 0.00798. The van der Waals surface area contributed by atoms with Gasteiger partial charge >= 0.3 is 6.09 Å². The van der Waals surface area contributed by atoms with E-state index in [2.05, 4.69) is 25.2 Å². The highest BCUT2D eigenvalue weighted by Gasteiger charge is 2.24. The Balaban J connectivity index is 1.59. The van der Waals surface area contributed by atoms with Gasteiger partial charge in [0.15, 0.2) is 22.8 Å². The molecule has 31 heavy (non-hydrogen) atoms. The molecule has 2 aliphatic rings. The Morgan fingerprint density at radius 1 is 1.10 bits per heavy atom. The zero-order valence-electron chi connectivity index (χ0n) is 16.8. The fourth-order valence-electron chi connectivity index (χ4n) is 3.78. The maximum atomic E-state index is 10.8. The van der Waals surface area contributed by atoms with Crippen LogP contribution in [0.2, 0.25) is 0 Å². The standard InChI is InChI=1S/C19H22N8O4/c28-19(29)25-18-20-9-12(10-21-18)15-23-16(26-4-7-30-8-5-26)14-17(24-15)27(11-22-14)13-3-1-2-6-31-13/h9-11,13H,1-8H2,(H,28,29)(H,20,21,25). The van der Waals surface area contributed by atoms with E-state index in [1.54, 1.807) is 6.33 Å². The first-order valence-electron chi connectivity index (χ1n) is 10.2. The second kappa shape index (κ2) is 8.40. The van der Waals surface area contributed by atoms with Gasteiger partial charge in [0.25, 0.3) is 0 Å². The number of aromatic nitrogens is 6. The molecule has 1 unspecified atom stereocenters. The fourth-order valence-corrected chi connectivity index (χ4v) is 3.78. The number of morpholine rings is 1. The average molecular weight is 426 g/mol. The van der Waals surface area contributed by atoms with Gasteiger partial charge in [-0.05, 0) is 19.3 Å². The molecule has 12 nitrogen and oxygen atoms in total. The Morgan fingerprint density at radius 3 is 2.61 bits per heavy atom. The van der Waals surface area contributed by atoms with Crippen LogP contribution in [0.25, 0.3) is 22.6 Å². The van der Waals surface area contributed by atoms with Gasteiger partial charge in [-0.15, -0.1) is 0 Å². The summed E-state index contributed by atoms with van der Waals surface area (Å²) < 4.78 is 13.4. The Morgan fingerprint density at radius 2 is 1.90 bits per heavy atom. The zero-order chi connectivity index (χ0) is 21.2. The van der Waals surface area contributed by atoms with Crippen molar-refractivity contribution in [3.8, 4) is 11.4 Å². The van der Waals surface area contributed by atoms with E-state index in [0.717, 1.165) is 25.1 Å². The van der Waals surface area contributed by atoms with Crippen molar-refractivity contribution in [1.82, 2.24) is 29.5 Å². The van der Waals surface area contributed by atoms with Crippen LogP contribution in [0.4, 0.5) is 16.6 Å². The van der Waals surface area contributed by atoms with Crippen LogP contribution < -0.4 is 10.2 Å². The summed E-state index contributed by atoms with van der Waals surface area (Å²) in [5.41, 5.74) is 1.97. The lowest BCUT2D eigenvalue weighted by Crippen LogP contribution is -2.37. The summed E-state index contributed by atoms with van der Waals surface area (Å²) >= 11 is 0. The lowest BCUT2D eigenvalue weighted by Gasteiger charge is -2.28. The Kier molecular flexibility index (Phi) is 5.30. The van der Waals surface area contributed by atoms with E-state index in [-0.39, 0.29) is 12.2 Å². The first kappa shape index (κ1) is 19.6. The van der Waals surface area contributed by atoms with E-state index in [4.69, 9.17) is 24.5 Å². The van der Waals surface area contributed by atoms with E-state index in [9.17, 15) is 4.79 Å². The molecule has 5 heterocycles. The maximum absolute atomic E-state index is 10.8. The van der Waals surface area contributed by atoms with Gasteiger partial charge in [0.2, 0.25) is 5.95 Å². The molecule has 0 radical (unpaired) electrons. The minimum Gasteiger partial charge on any atom is -0.465 e. The number of carboxylic acid groups (broad SMARTS) is 1. The lowest BCUT2D eigenvalue weighted by atomic mass is 10.2. The third kappa shape index (κ3) is 3.99. The number of ether oxygens (including phenoxy) is 2. The third-order valence-corrected chi connectivity index (χ3v) is 5.31. The fraction of sp³-hybridized carbons (Fsp3) is 0.474. The molecule has 2 saturated heterocycles. The Hall–Kier alpha value is -3.38. The normalized spacial score (nSPS) is 19.5. The number of hydrogen-bond donors (Lipinski definition) is 2. The van der Waals surface area contributed by atoms with Crippen molar-refractivity contribution < 1.29 is 19.4 Å². The van der Waals surface area contributed by atoms with Gasteiger partial charge in [0.1, 0.15) is 6.23 Å². The van der Waals surface area contributed by atoms with Gasteiger partial charge in [0, 0.05) is 32.1 Å². The summed E-state index contributed by atoms with van der Waals surface area (Å²) in [5.74, 6) is 1.16. The van der Waals surface area contributed by atoms with E-state index in [1.165, 1.54) is 12.4 Å². The van der Waals surface area contributed by atoms with E-state index < -0.39 is 6.09 Å². The number of imidazole rings is 1. The number of nitrogens with one attached hydrogen (secondary N) is 1. The number of hydrogen-bond acceptors (Lipinski definition) is 9. The SMILES string of the molecule is O=C(O)Nc1ncc(-c2nc(N3CCOCC3)c3ncn(C4CCCCO4)c3n2)cn1. The number of carbonyl (C=O) groups is 1. The van der Waals surface area contributed by atoms with E-state index >= 15 is 0 Å². The molecule has 2 fully saturated rings. The Bertz CT molecular complexity index is 1070. The quantitative estimate of drug-likeness (QED) is 0.635. The number of fused-ring (bicyclic) bond motifs is 1. The van der Waals surface area contributed by atoms with Crippen molar-refractivity contribution in [2.75, 3.05) is 43.1 Å². The second-order valence-electron chi connectivity index (χ2n) is 7.34. The molecule has 2 aliphatic heterocycles. The molecule has 0 saturated carbocycles. The number of nitrogens with zero attached hydrogens (tertiary/aromatic N) is 7. The van der Waals surface area contributed by atoms with Crippen LogP contribution in [-0.4, -0.2) is 73.6 Å². The molecule has 1 atom stereocenters. The van der Waals surface area contributed by atoms with Crippen molar-refractivity contribution in [3.05, 3.63) is 18.7 Å². The van der Waals surface area contributed by atoms with Crippen LogP contribution in [-0.2, 0) is 9.47 Å². The first-order valence-corrected chi connectivity index (χ1v) is 10.2. The van der Waals surface area contributed by atoms with Gasteiger partial charge in [-0.1, -0.05) is 0 Å². The first-order chi connectivity index (χ1) is 15.2. The van der Waals surface area contributed by atoms with Crippen LogP contribution in [0.1, 0.15) is 25.5 Å². The molecular formula is C19H22N8O4. The number of anilines is 2. The molecule has 5 rings (SSSR count). The molecular weight excluding hydrogens is 404 g/mol. The van der Waals surface area contributed by atoms with Crippen molar-refractivity contribution in [1.29, 1.82) is 0 Å². The van der Waals surface area contributed by atoms with Gasteiger partial charge < -0.3 is 19.5 Å². The molecule has 0 bridgehead atoms. The molecule has 0 aromatic carbocycles. The minimum atomic E-state index is -1.23. The maximum Gasteiger partial charge on any atom is 0.411 e. The van der Waals surface area contributed by atoms with Gasteiger partial charge in [-0.3, -0.25) is 9.88 Å². The van der Waals surface area contributed by atoms with Crippen LogP contribution >= 0.6 is 0 Å². The highest BCUT2D eigenvalue weighted by atomic mass is 16.5. The summed E-state index contributed by atoms with van der Waals surface area (Å²) in [6, 6.07) is 0. The van der Waals surface area contributed by atoms with E-state index in [1.807, 2.05) is 4.57 Å². The summed E-state index contributed by atoms with van der Waals surface area (Å²) in [6.45, 7) is 3.36. The summed E-state index contributed by atoms with van der Waals surface area (Å²) in [4.78, 5) is 35.2. The molecule has 12 heteroatoms. The predicted molar refractivity (Wildman–Crippen MR) is 110 cm³/mol. The molecule has 0 spiro atoms. The number of rotatable bonds is 4. The second-order valence-corrected chi connectivity index (χ2v) is 7.34. The smallest absolute Gasteiger partial charge is 0.411 e. The lowest BCUT2D eigenvalue weighted by molar-refractivity contribution is -0.0298. The summed E-state index contributed by atoms with van der Waals surface area (Å²) in [7, 11) is 0. The van der Waals surface area contributed by atoms with Crippen LogP contribution in [0.15, 0.2) is 18.7 Å². The van der Waals surface area contributed by atoms with E-state index in [0.29, 0.717) is 55.5 Å². The largest absolute Gasteiger partial charge is 0.465 e. The molecule has 162 valence electrons. The molecule has 3 aromatic rings. The predicted octanol–water partition coefficient (Wildman–Crippen LogP) is 1.91. The summed E-state index contributed by atoms with van der Waals surface area (Å²) in [5, 5.41) is 11.0. The number of amides is 1. The highest BCUT2D eigenvalue weighted by molar-refractivity contribution is 5.86. The van der Waals surface area contributed by atoms with Crippen LogP contribution in [0, 0.1) is 0 Å². The highest BCUT2D eigenvalue weighted by Crippen LogP contribution is 2.31. The average Bonchev–Trinajstić information content (AvgIpc) is 3.24. The zero-order valence-corrected chi connectivity index (χ0v) is 16.8. The molecule has 1 amide bonds. The van der Waals surface area contributed by atoms with Gasteiger partial charge in [-0.2, -0.15) is 0 Å². The topological polar surface area (TPSA) is 140 Å². The van der Waals surface area contributed by atoms with Crippen LogP contribution in [0.5, 0.6) is 0 Å². The third-order valence-electron chi connectivity index (χ3n) is 5.31. The summed E-state index contributed by atoms with van der Waals surface area (Å²) in [6.07, 6.45) is 6.46. The van der Waals surface area contributed by atoms with Crippen molar-refractivity contribution in [3.63, 3.8) is 0 Å². The monoisotopic (exact) mass is 426 g/mol. The van der Waals surface area contributed by atoms with Crippen molar-refractivity contribution in [2.45, 2.75) is 25.5 Å². The van der Waals surface area contributed by atoms with Crippen LogP contribution in [0.3, 0.4) is 0 Å². The van der Waals surface area contributed by atoms with Gasteiger partial charge in [0.05, 0.1) is 25.1 Å². The molecule has 0 aliphatic carbocycles. The van der Waals surface area contributed by atoms with Crippen molar-refractivity contribution >= 4 is 29.0 Å².